The first-order valence-corrected chi connectivity index (χ1v) is 7.08. The molecule has 0 saturated carbocycles. The lowest BCUT2D eigenvalue weighted by Gasteiger charge is -2.18. The van der Waals surface area contributed by atoms with Gasteiger partial charge in [0.2, 0.25) is 0 Å². The largest absolute Gasteiger partial charge is 0.467 e. The molecular formula is C16H14ClNO5. The smallest absolute Gasteiger partial charge is 0.331 e. The van der Waals surface area contributed by atoms with Gasteiger partial charge in [-0.1, -0.05) is 48.0 Å². The number of benzene rings is 2. The molecule has 120 valence electrons. The second kappa shape index (κ2) is 7.71. The first kappa shape index (κ1) is 16.9. The van der Waals surface area contributed by atoms with Crippen molar-refractivity contribution < 1.29 is 19.2 Å². The molecular weight excluding hydrogens is 322 g/mol. The molecule has 0 fully saturated rings. The number of nitro groups is 1. The van der Waals surface area contributed by atoms with Crippen molar-refractivity contribution in [1.82, 2.24) is 0 Å². The van der Waals surface area contributed by atoms with Crippen LogP contribution < -0.4 is 0 Å². The minimum absolute atomic E-state index is 0.0403. The summed E-state index contributed by atoms with van der Waals surface area (Å²) in [6, 6.07) is 13.5. The molecule has 6 nitrogen and oxygen atoms in total. The molecule has 0 N–H and O–H groups in total. The minimum atomic E-state index is -0.647. The number of nitrogens with zero attached hydrogens (tertiary/aromatic N) is 1. The predicted molar refractivity (Wildman–Crippen MR) is 84.4 cm³/mol. The minimum Gasteiger partial charge on any atom is -0.467 e. The molecule has 1 atom stereocenters. The molecule has 0 aliphatic heterocycles. The fourth-order valence-electron chi connectivity index (χ4n) is 2.06. The van der Waals surface area contributed by atoms with Crippen LogP contribution in [0.1, 0.15) is 17.2 Å². The number of hydrogen-bond acceptors (Lipinski definition) is 5. The van der Waals surface area contributed by atoms with Gasteiger partial charge in [-0.05, 0) is 17.2 Å². The Balaban J connectivity index is 2.39. The van der Waals surface area contributed by atoms with Crippen LogP contribution in [0.25, 0.3) is 0 Å². The topological polar surface area (TPSA) is 78.7 Å². The highest BCUT2D eigenvalue weighted by molar-refractivity contribution is 6.32. The molecule has 0 radical (unpaired) electrons. The molecule has 2 aromatic carbocycles. The molecule has 0 bridgehead atoms. The summed E-state index contributed by atoms with van der Waals surface area (Å²) in [7, 11) is 1.26. The molecule has 0 aromatic heterocycles. The van der Waals surface area contributed by atoms with Gasteiger partial charge in [-0.3, -0.25) is 10.1 Å². The van der Waals surface area contributed by atoms with Crippen LogP contribution in [-0.2, 0) is 14.3 Å². The van der Waals surface area contributed by atoms with Crippen LogP contribution in [0.3, 0.4) is 0 Å². The Morgan fingerprint density at radius 1 is 1.22 bits per heavy atom. The number of methoxy groups -OCH3 is 1. The fourth-order valence-corrected chi connectivity index (χ4v) is 2.24. The van der Waals surface area contributed by atoms with Gasteiger partial charge in [-0.15, -0.1) is 0 Å². The van der Waals surface area contributed by atoms with E-state index in [4.69, 9.17) is 16.3 Å². The number of halogens is 1. The maximum absolute atomic E-state index is 11.3. The lowest BCUT2D eigenvalue weighted by Crippen LogP contribution is -2.15. The van der Waals surface area contributed by atoms with Crippen LogP contribution >= 0.6 is 11.6 Å². The van der Waals surface area contributed by atoms with E-state index < -0.39 is 17.0 Å². The maximum atomic E-state index is 11.3. The predicted octanol–water partition coefficient (Wildman–Crippen LogP) is 3.53. The van der Waals surface area contributed by atoms with Crippen LogP contribution in [0.2, 0.25) is 5.02 Å². The lowest BCUT2D eigenvalue weighted by atomic mass is 10.0. The average Bonchev–Trinajstić information content (AvgIpc) is 2.56. The Hall–Kier alpha value is -2.44. The van der Waals surface area contributed by atoms with Crippen LogP contribution in [0, 0.1) is 10.1 Å². The first-order chi connectivity index (χ1) is 11.0. The fraction of sp³-hybridized carbons (Fsp3) is 0.188. The zero-order valence-corrected chi connectivity index (χ0v) is 13.0. The van der Waals surface area contributed by atoms with E-state index in [1.165, 1.54) is 19.2 Å². The third kappa shape index (κ3) is 4.28. The molecule has 1 unspecified atom stereocenters. The van der Waals surface area contributed by atoms with Crippen molar-refractivity contribution in [3.8, 4) is 0 Å². The van der Waals surface area contributed by atoms with Gasteiger partial charge in [0, 0.05) is 6.07 Å². The van der Waals surface area contributed by atoms with Crippen LogP contribution in [0.4, 0.5) is 5.69 Å². The van der Waals surface area contributed by atoms with Crippen LogP contribution in [0.15, 0.2) is 48.5 Å². The third-order valence-electron chi connectivity index (χ3n) is 3.17. The highest BCUT2D eigenvalue weighted by Gasteiger charge is 2.21. The summed E-state index contributed by atoms with van der Waals surface area (Å²) in [5, 5.41) is 11.1. The Labute approximate surface area is 137 Å². The van der Waals surface area contributed by atoms with E-state index in [0.29, 0.717) is 5.56 Å². The van der Waals surface area contributed by atoms with E-state index in [2.05, 4.69) is 4.74 Å². The molecule has 0 aliphatic carbocycles. The van der Waals surface area contributed by atoms with Crippen LogP contribution in [-0.4, -0.2) is 24.6 Å². The van der Waals surface area contributed by atoms with Gasteiger partial charge in [0.15, 0.2) is 0 Å². The Morgan fingerprint density at radius 3 is 2.52 bits per heavy atom. The van der Waals surface area contributed by atoms with Gasteiger partial charge in [0.25, 0.3) is 5.69 Å². The second-order valence-electron chi connectivity index (χ2n) is 4.65. The normalized spacial score (nSPS) is 11.7. The van der Waals surface area contributed by atoms with Crippen molar-refractivity contribution in [2.24, 2.45) is 0 Å². The molecule has 0 amide bonds. The molecule has 0 saturated heterocycles. The third-order valence-corrected chi connectivity index (χ3v) is 3.49. The summed E-state index contributed by atoms with van der Waals surface area (Å²) < 4.78 is 10.2. The summed E-state index contributed by atoms with van der Waals surface area (Å²) in [6.07, 6.45) is -0.647. The molecule has 0 spiro atoms. The summed E-state index contributed by atoms with van der Waals surface area (Å²) in [4.78, 5) is 21.8. The van der Waals surface area contributed by atoms with E-state index in [0.717, 1.165) is 5.56 Å². The number of ether oxygens (including phenoxy) is 2. The Kier molecular flexibility index (Phi) is 5.67. The molecule has 2 aromatic rings. The standard InChI is InChI=1S/C16H14ClNO5/c1-22-15(19)10-23-16(11-5-3-2-4-6-11)12-7-8-13(17)14(9-12)18(20)21/h2-9,16H,10H2,1H3. The zero-order valence-electron chi connectivity index (χ0n) is 12.3. The number of nitro benzene ring substituents is 1. The Morgan fingerprint density at radius 2 is 1.91 bits per heavy atom. The number of esters is 1. The summed E-state index contributed by atoms with van der Waals surface area (Å²) in [5.74, 6) is -0.533. The van der Waals surface area contributed by atoms with Crippen LogP contribution in [0.5, 0.6) is 0 Å². The van der Waals surface area contributed by atoms with Crippen molar-refractivity contribution in [2.45, 2.75) is 6.10 Å². The molecule has 0 heterocycles. The van der Waals surface area contributed by atoms with E-state index in [-0.39, 0.29) is 17.3 Å². The lowest BCUT2D eigenvalue weighted by molar-refractivity contribution is -0.384. The van der Waals surface area contributed by atoms with Crippen molar-refractivity contribution in [3.63, 3.8) is 0 Å². The van der Waals surface area contributed by atoms with Gasteiger partial charge >= 0.3 is 5.97 Å². The SMILES string of the molecule is COC(=O)COC(c1ccccc1)c1ccc(Cl)c([N+](=O)[O-])c1. The van der Waals surface area contributed by atoms with Gasteiger partial charge in [-0.2, -0.15) is 0 Å². The highest BCUT2D eigenvalue weighted by Crippen LogP contribution is 2.32. The van der Waals surface area contributed by atoms with Gasteiger partial charge in [-0.25, -0.2) is 4.79 Å². The molecule has 7 heteroatoms. The zero-order chi connectivity index (χ0) is 16.8. The second-order valence-corrected chi connectivity index (χ2v) is 5.05. The van der Waals surface area contributed by atoms with Gasteiger partial charge < -0.3 is 9.47 Å². The van der Waals surface area contributed by atoms with Gasteiger partial charge in [0.1, 0.15) is 17.7 Å². The number of hydrogen-bond donors (Lipinski definition) is 0. The van der Waals surface area contributed by atoms with E-state index >= 15 is 0 Å². The van der Waals surface area contributed by atoms with Crippen molar-refractivity contribution in [2.75, 3.05) is 13.7 Å². The van der Waals surface area contributed by atoms with Crippen molar-refractivity contribution in [3.05, 3.63) is 74.8 Å². The first-order valence-electron chi connectivity index (χ1n) is 6.70. The van der Waals surface area contributed by atoms with E-state index in [9.17, 15) is 14.9 Å². The van der Waals surface area contributed by atoms with Crippen molar-refractivity contribution >= 4 is 23.3 Å². The summed E-state index contributed by atoms with van der Waals surface area (Å²) in [6.45, 7) is -0.271. The Bertz CT molecular complexity index is 705. The van der Waals surface area contributed by atoms with E-state index in [1.54, 1.807) is 6.07 Å². The van der Waals surface area contributed by atoms with Gasteiger partial charge in [0.05, 0.1) is 12.0 Å². The van der Waals surface area contributed by atoms with Crippen molar-refractivity contribution in [1.29, 1.82) is 0 Å². The highest BCUT2D eigenvalue weighted by atomic mass is 35.5. The number of rotatable bonds is 6. The number of carbonyl (C=O) groups excluding carboxylic acids is 1. The average molecular weight is 336 g/mol. The molecule has 23 heavy (non-hydrogen) atoms. The molecule has 2 rings (SSSR count). The summed E-state index contributed by atoms with van der Waals surface area (Å²) in [5.41, 5.74) is 1.07. The van der Waals surface area contributed by atoms with E-state index in [1.807, 2.05) is 30.3 Å². The monoisotopic (exact) mass is 335 g/mol. The maximum Gasteiger partial charge on any atom is 0.331 e. The quantitative estimate of drug-likeness (QED) is 0.458. The molecule has 0 aliphatic rings. The number of carbonyl (C=O) groups is 1. The summed E-state index contributed by atoms with van der Waals surface area (Å²) >= 11 is 5.84.